The molecule has 1 saturated heterocycles. The summed E-state index contributed by atoms with van der Waals surface area (Å²) >= 11 is 0. The van der Waals surface area contributed by atoms with E-state index in [0.29, 0.717) is 12.8 Å². The summed E-state index contributed by atoms with van der Waals surface area (Å²) in [5.74, 6) is -0.797. The molecule has 2 rings (SSSR count). The number of nitrogens with zero attached hydrogens (tertiary/aromatic N) is 1. The number of aliphatic carboxylic acids is 1. The van der Waals surface area contributed by atoms with Crippen molar-refractivity contribution in [2.24, 2.45) is 5.41 Å². The van der Waals surface area contributed by atoms with Crippen molar-refractivity contribution in [2.75, 3.05) is 13.2 Å². The second-order valence-corrected chi connectivity index (χ2v) is 4.48. The number of fused-ring (bicyclic) bond motifs is 2. The third-order valence-electron chi connectivity index (χ3n) is 3.51. The number of ether oxygens (including phenoxy) is 1. The summed E-state index contributed by atoms with van der Waals surface area (Å²) < 4.78 is 4.93. The van der Waals surface area contributed by atoms with Crippen molar-refractivity contribution < 1.29 is 19.4 Å². The molecule has 1 amide bonds. The van der Waals surface area contributed by atoms with E-state index < -0.39 is 17.5 Å². The maximum absolute atomic E-state index is 11.6. The molecule has 0 aromatic rings. The van der Waals surface area contributed by atoms with Crippen LogP contribution in [0, 0.1) is 5.41 Å². The van der Waals surface area contributed by atoms with E-state index in [1.54, 1.807) is 4.90 Å². The van der Waals surface area contributed by atoms with E-state index >= 15 is 0 Å². The lowest BCUT2D eigenvalue weighted by Gasteiger charge is -2.29. The van der Waals surface area contributed by atoms with E-state index in [1.165, 1.54) is 6.08 Å². The second-order valence-electron chi connectivity index (χ2n) is 4.48. The summed E-state index contributed by atoms with van der Waals surface area (Å²) in [7, 11) is 0. The Morgan fingerprint density at radius 2 is 2.38 bits per heavy atom. The molecular weight excluding hydrogens is 210 g/mol. The van der Waals surface area contributed by atoms with E-state index in [1.807, 2.05) is 0 Å². The molecule has 88 valence electrons. The molecule has 0 unspecified atom stereocenters. The van der Waals surface area contributed by atoms with Crippen molar-refractivity contribution in [1.82, 2.24) is 4.90 Å². The lowest BCUT2D eigenvalue weighted by atomic mass is 9.88. The minimum atomic E-state index is -0.797. The van der Waals surface area contributed by atoms with Crippen LogP contribution in [-0.2, 0) is 9.53 Å². The zero-order valence-electron chi connectivity index (χ0n) is 9.02. The van der Waals surface area contributed by atoms with Gasteiger partial charge in [-0.2, -0.15) is 0 Å². The van der Waals surface area contributed by atoms with Crippen LogP contribution >= 0.6 is 0 Å². The van der Waals surface area contributed by atoms with Gasteiger partial charge in [-0.05, 0) is 19.3 Å². The highest BCUT2D eigenvalue weighted by atomic mass is 16.6. The predicted molar refractivity (Wildman–Crippen MR) is 56.0 cm³/mol. The SMILES string of the molecule is C=CCOC(=O)N1C[C@]2(C(=O)O)CC[C@H]1C2. The Hall–Kier alpha value is -1.52. The molecule has 2 bridgehead atoms. The number of hydrogen-bond acceptors (Lipinski definition) is 3. The van der Waals surface area contributed by atoms with Gasteiger partial charge in [0.15, 0.2) is 0 Å². The first-order valence-electron chi connectivity index (χ1n) is 5.37. The fourth-order valence-electron chi connectivity index (χ4n) is 2.65. The van der Waals surface area contributed by atoms with Crippen molar-refractivity contribution in [3.8, 4) is 0 Å². The Bertz CT molecular complexity index is 341. The van der Waals surface area contributed by atoms with Gasteiger partial charge in [0, 0.05) is 12.6 Å². The van der Waals surface area contributed by atoms with Gasteiger partial charge in [-0.15, -0.1) is 0 Å². The monoisotopic (exact) mass is 225 g/mol. The number of hydrogen-bond donors (Lipinski definition) is 1. The van der Waals surface area contributed by atoms with Crippen LogP contribution in [0.2, 0.25) is 0 Å². The maximum Gasteiger partial charge on any atom is 0.410 e. The first-order chi connectivity index (χ1) is 7.59. The molecule has 1 heterocycles. The number of carboxylic acid groups (broad SMARTS) is 1. The van der Waals surface area contributed by atoms with Gasteiger partial charge in [-0.1, -0.05) is 12.7 Å². The molecule has 2 atom stereocenters. The number of carbonyl (C=O) groups is 2. The van der Waals surface area contributed by atoms with Gasteiger partial charge in [-0.25, -0.2) is 4.79 Å². The highest BCUT2D eigenvalue weighted by Crippen LogP contribution is 2.48. The number of piperidine rings is 1. The first kappa shape index (κ1) is 11.0. The molecule has 2 fully saturated rings. The molecule has 0 aromatic carbocycles. The summed E-state index contributed by atoms with van der Waals surface area (Å²) in [6, 6.07) is 0.0356. The van der Waals surface area contributed by atoms with Crippen molar-refractivity contribution >= 4 is 12.1 Å². The molecule has 1 N–H and O–H groups in total. The fraction of sp³-hybridized carbons (Fsp3) is 0.636. The van der Waals surface area contributed by atoms with Gasteiger partial charge in [0.1, 0.15) is 6.61 Å². The van der Waals surface area contributed by atoms with E-state index in [4.69, 9.17) is 4.74 Å². The van der Waals surface area contributed by atoms with Crippen LogP contribution in [0.3, 0.4) is 0 Å². The summed E-state index contributed by atoms with van der Waals surface area (Å²) in [5, 5.41) is 9.17. The molecule has 5 heteroatoms. The van der Waals surface area contributed by atoms with Crippen LogP contribution in [0.5, 0.6) is 0 Å². The number of carboxylic acids is 1. The van der Waals surface area contributed by atoms with Crippen LogP contribution in [0.15, 0.2) is 12.7 Å². The van der Waals surface area contributed by atoms with E-state index in [-0.39, 0.29) is 19.2 Å². The molecular formula is C11H15NO4. The number of rotatable bonds is 3. The smallest absolute Gasteiger partial charge is 0.410 e. The van der Waals surface area contributed by atoms with E-state index in [0.717, 1.165) is 6.42 Å². The van der Waals surface area contributed by atoms with Gasteiger partial charge < -0.3 is 14.7 Å². The van der Waals surface area contributed by atoms with Gasteiger partial charge >= 0.3 is 12.1 Å². The first-order valence-corrected chi connectivity index (χ1v) is 5.37. The molecule has 2 aliphatic rings. The Labute approximate surface area is 93.7 Å². The van der Waals surface area contributed by atoms with Crippen molar-refractivity contribution in [1.29, 1.82) is 0 Å². The predicted octanol–water partition coefficient (Wildman–Crippen LogP) is 1.25. The Morgan fingerprint density at radius 1 is 1.62 bits per heavy atom. The van der Waals surface area contributed by atoms with E-state index in [2.05, 4.69) is 6.58 Å². The number of carbonyl (C=O) groups excluding carboxylic acids is 1. The van der Waals surface area contributed by atoms with Crippen LogP contribution in [0.4, 0.5) is 4.79 Å². The zero-order chi connectivity index (χ0) is 11.8. The highest BCUT2D eigenvalue weighted by Gasteiger charge is 2.56. The molecule has 1 aliphatic heterocycles. The molecule has 0 spiro atoms. The highest BCUT2D eigenvalue weighted by molar-refractivity contribution is 5.79. The number of amides is 1. The quantitative estimate of drug-likeness (QED) is 0.734. The Kier molecular flexibility index (Phi) is 2.61. The van der Waals surface area contributed by atoms with Crippen molar-refractivity contribution in [2.45, 2.75) is 25.3 Å². The minimum absolute atomic E-state index is 0.0356. The van der Waals surface area contributed by atoms with E-state index in [9.17, 15) is 14.7 Å². The summed E-state index contributed by atoms with van der Waals surface area (Å²) in [6.07, 6.45) is 3.06. The summed E-state index contributed by atoms with van der Waals surface area (Å²) in [4.78, 5) is 24.3. The van der Waals surface area contributed by atoms with Gasteiger partial charge in [-0.3, -0.25) is 4.79 Å². The lowest BCUT2D eigenvalue weighted by molar-refractivity contribution is -0.148. The molecule has 1 saturated carbocycles. The van der Waals surface area contributed by atoms with Crippen LogP contribution in [0.1, 0.15) is 19.3 Å². The van der Waals surface area contributed by atoms with Crippen LogP contribution in [0.25, 0.3) is 0 Å². The molecule has 16 heavy (non-hydrogen) atoms. The minimum Gasteiger partial charge on any atom is -0.481 e. The maximum atomic E-state index is 11.6. The third kappa shape index (κ3) is 1.56. The van der Waals surface area contributed by atoms with Gasteiger partial charge in [0.2, 0.25) is 0 Å². The average molecular weight is 225 g/mol. The largest absolute Gasteiger partial charge is 0.481 e. The normalized spacial score (nSPS) is 31.5. The van der Waals surface area contributed by atoms with Crippen molar-refractivity contribution in [3.63, 3.8) is 0 Å². The van der Waals surface area contributed by atoms with Crippen LogP contribution < -0.4 is 0 Å². The van der Waals surface area contributed by atoms with Gasteiger partial charge in [0.05, 0.1) is 5.41 Å². The Balaban J connectivity index is 2.03. The molecule has 0 radical (unpaired) electrons. The molecule has 0 aromatic heterocycles. The topological polar surface area (TPSA) is 66.8 Å². The average Bonchev–Trinajstić information content (AvgIpc) is 2.84. The Morgan fingerprint density at radius 3 is 2.94 bits per heavy atom. The van der Waals surface area contributed by atoms with Gasteiger partial charge in [0.25, 0.3) is 0 Å². The zero-order valence-corrected chi connectivity index (χ0v) is 9.02. The lowest BCUT2D eigenvalue weighted by Crippen LogP contribution is -2.42. The number of likely N-dealkylation sites (tertiary alicyclic amines) is 1. The third-order valence-corrected chi connectivity index (χ3v) is 3.51. The molecule has 1 aliphatic carbocycles. The van der Waals surface area contributed by atoms with Crippen molar-refractivity contribution in [3.05, 3.63) is 12.7 Å². The fourth-order valence-corrected chi connectivity index (χ4v) is 2.65. The standard InChI is InChI=1S/C11H15NO4/c1-2-5-16-10(15)12-7-11(9(13)14)4-3-8(12)6-11/h2,8H,1,3-7H2,(H,13,14)/t8-,11-/m0/s1. The second kappa shape index (κ2) is 3.81. The molecule has 5 nitrogen and oxygen atoms in total. The summed E-state index contributed by atoms with van der Waals surface area (Å²) in [5.41, 5.74) is -0.724. The summed E-state index contributed by atoms with van der Waals surface area (Å²) in [6.45, 7) is 3.91. The van der Waals surface area contributed by atoms with Crippen LogP contribution in [-0.4, -0.2) is 41.3 Å².